The highest BCUT2D eigenvalue weighted by atomic mass is 19.4. The number of hydrogen-bond acceptors (Lipinski definition) is 3. The van der Waals surface area contributed by atoms with Crippen LogP contribution in [0.2, 0.25) is 0 Å². The van der Waals surface area contributed by atoms with Gasteiger partial charge in [0.05, 0.1) is 6.54 Å². The number of alkyl halides is 3. The van der Waals surface area contributed by atoms with Gasteiger partial charge in [-0.15, -0.1) is 0 Å². The molecule has 0 aromatic heterocycles. The Balaban J connectivity index is 2.11. The van der Waals surface area contributed by atoms with Crippen LogP contribution in [0.3, 0.4) is 0 Å². The SMILES string of the molecule is CCc1ccccc1NC(=O)C(=O)NCC(O)(c1ccccc1)C(F)(F)F. The Labute approximate surface area is 154 Å². The van der Waals surface area contributed by atoms with Crippen LogP contribution in [0, 0.1) is 0 Å². The zero-order valence-electron chi connectivity index (χ0n) is 14.5. The van der Waals surface area contributed by atoms with Gasteiger partial charge >= 0.3 is 18.0 Å². The first-order chi connectivity index (χ1) is 12.7. The highest BCUT2D eigenvalue weighted by Crippen LogP contribution is 2.38. The van der Waals surface area contributed by atoms with Crippen LogP contribution in [0.1, 0.15) is 18.1 Å². The van der Waals surface area contributed by atoms with Crippen LogP contribution < -0.4 is 10.6 Å². The van der Waals surface area contributed by atoms with Gasteiger partial charge in [-0.05, 0) is 23.6 Å². The molecule has 0 aliphatic carbocycles. The van der Waals surface area contributed by atoms with Gasteiger partial charge in [-0.3, -0.25) is 9.59 Å². The van der Waals surface area contributed by atoms with E-state index < -0.39 is 35.7 Å². The van der Waals surface area contributed by atoms with E-state index >= 15 is 0 Å². The Morgan fingerprint density at radius 3 is 2.15 bits per heavy atom. The number of anilines is 1. The van der Waals surface area contributed by atoms with Crippen molar-refractivity contribution in [3.05, 3.63) is 65.7 Å². The number of aliphatic hydroxyl groups is 1. The molecule has 2 aromatic rings. The van der Waals surface area contributed by atoms with E-state index in [1.54, 1.807) is 24.3 Å². The van der Waals surface area contributed by atoms with Crippen LogP contribution in [0.4, 0.5) is 18.9 Å². The molecule has 1 unspecified atom stereocenters. The van der Waals surface area contributed by atoms with Crippen molar-refractivity contribution in [3.8, 4) is 0 Å². The Morgan fingerprint density at radius 2 is 1.56 bits per heavy atom. The first-order valence-corrected chi connectivity index (χ1v) is 8.20. The van der Waals surface area contributed by atoms with E-state index in [0.29, 0.717) is 12.1 Å². The van der Waals surface area contributed by atoms with Crippen molar-refractivity contribution in [2.45, 2.75) is 25.1 Å². The van der Waals surface area contributed by atoms with Gasteiger partial charge in [0.25, 0.3) is 0 Å². The van der Waals surface area contributed by atoms with Gasteiger partial charge in [-0.25, -0.2) is 0 Å². The van der Waals surface area contributed by atoms with Crippen LogP contribution in [-0.2, 0) is 21.6 Å². The molecule has 0 spiro atoms. The van der Waals surface area contributed by atoms with Crippen molar-refractivity contribution in [2.24, 2.45) is 0 Å². The molecule has 2 rings (SSSR count). The molecule has 0 radical (unpaired) electrons. The number of aryl methyl sites for hydroxylation is 1. The summed E-state index contributed by atoms with van der Waals surface area (Å²) in [6.45, 7) is 0.663. The molecule has 0 saturated heterocycles. The number of carbonyl (C=O) groups excluding carboxylic acids is 2. The molecule has 8 heteroatoms. The summed E-state index contributed by atoms with van der Waals surface area (Å²) >= 11 is 0. The average Bonchev–Trinajstić information content (AvgIpc) is 2.65. The Bertz CT molecular complexity index is 809. The van der Waals surface area contributed by atoms with Crippen molar-refractivity contribution in [3.63, 3.8) is 0 Å². The monoisotopic (exact) mass is 380 g/mol. The lowest BCUT2D eigenvalue weighted by Crippen LogP contribution is -2.52. The number of carbonyl (C=O) groups is 2. The van der Waals surface area contributed by atoms with Gasteiger partial charge in [-0.1, -0.05) is 55.5 Å². The van der Waals surface area contributed by atoms with Crippen LogP contribution >= 0.6 is 0 Å². The molecule has 0 aliphatic heterocycles. The van der Waals surface area contributed by atoms with Crippen molar-refractivity contribution in [1.82, 2.24) is 5.32 Å². The van der Waals surface area contributed by atoms with Gasteiger partial charge in [0, 0.05) is 5.69 Å². The minimum atomic E-state index is -5.05. The van der Waals surface area contributed by atoms with Gasteiger partial charge in [0.2, 0.25) is 5.60 Å². The fourth-order valence-corrected chi connectivity index (χ4v) is 2.50. The van der Waals surface area contributed by atoms with Crippen LogP contribution in [0.15, 0.2) is 54.6 Å². The molecule has 144 valence electrons. The van der Waals surface area contributed by atoms with Gasteiger partial charge in [0.15, 0.2) is 0 Å². The zero-order chi connectivity index (χ0) is 20.1. The number of nitrogens with one attached hydrogen (secondary N) is 2. The maximum Gasteiger partial charge on any atom is 0.423 e. The van der Waals surface area contributed by atoms with E-state index in [2.05, 4.69) is 5.32 Å². The van der Waals surface area contributed by atoms with Gasteiger partial charge < -0.3 is 15.7 Å². The van der Waals surface area contributed by atoms with E-state index in [1.807, 2.05) is 12.2 Å². The maximum atomic E-state index is 13.4. The zero-order valence-corrected chi connectivity index (χ0v) is 14.5. The van der Waals surface area contributed by atoms with E-state index in [0.717, 1.165) is 17.7 Å². The molecule has 3 N–H and O–H groups in total. The lowest BCUT2D eigenvalue weighted by Gasteiger charge is -2.31. The normalized spacial score (nSPS) is 13.5. The van der Waals surface area contributed by atoms with E-state index in [1.165, 1.54) is 18.2 Å². The topological polar surface area (TPSA) is 78.4 Å². The highest BCUT2D eigenvalue weighted by Gasteiger charge is 2.55. The predicted octanol–water partition coefficient (Wildman–Crippen LogP) is 2.75. The van der Waals surface area contributed by atoms with Crippen molar-refractivity contribution in [2.75, 3.05) is 11.9 Å². The molecular weight excluding hydrogens is 361 g/mol. The summed E-state index contributed by atoms with van der Waals surface area (Å²) in [6.07, 6.45) is -4.45. The number of hydrogen-bond donors (Lipinski definition) is 3. The third-order valence-electron chi connectivity index (χ3n) is 4.08. The first kappa shape index (κ1) is 20.4. The minimum absolute atomic E-state index is 0.397. The van der Waals surface area contributed by atoms with Crippen LogP contribution in [0.25, 0.3) is 0 Å². The summed E-state index contributed by atoms with van der Waals surface area (Å²) < 4.78 is 40.2. The summed E-state index contributed by atoms with van der Waals surface area (Å²) in [4.78, 5) is 23.9. The fraction of sp³-hybridized carbons (Fsp3) is 0.263. The Kier molecular flexibility index (Phi) is 6.22. The number of rotatable bonds is 5. The second-order valence-electron chi connectivity index (χ2n) is 5.87. The summed E-state index contributed by atoms with van der Waals surface area (Å²) in [6, 6.07) is 13.1. The first-order valence-electron chi connectivity index (χ1n) is 8.20. The van der Waals surface area contributed by atoms with Crippen molar-refractivity contribution in [1.29, 1.82) is 0 Å². The lowest BCUT2D eigenvalue weighted by atomic mass is 9.93. The van der Waals surface area contributed by atoms with Crippen LogP contribution in [0.5, 0.6) is 0 Å². The van der Waals surface area contributed by atoms with Gasteiger partial charge in [-0.2, -0.15) is 13.2 Å². The standard InChI is InChI=1S/C19H19F3N2O3/c1-2-13-8-6-7-11-15(13)24-17(26)16(25)23-12-18(27,19(20,21)22)14-9-4-3-5-10-14/h3-11,27H,2,12H2,1H3,(H,23,25)(H,24,26). The molecule has 5 nitrogen and oxygen atoms in total. The summed E-state index contributed by atoms with van der Waals surface area (Å²) in [5.41, 5.74) is -2.58. The van der Waals surface area contributed by atoms with Gasteiger partial charge in [0.1, 0.15) is 0 Å². The Morgan fingerprint density at radius 1 is 0.963 bits per heavy atom. The van der Waals surface area contributed by atoms with E-state index in [-0.39, 0.29) is 0 Å². The van der Waals surface area contributed by atoms with Crippen molar-refractivity contribution >= 4 is 17.5 Å². The average molecular weight is 380 g/mol. The summed E-state index contributed by atoms with van der Waals surface area (Å²) in [7, 11) is 0. The third kappa shape index (κ3) is 4.65. The molecule has 0 bridgehead atoms. The summed E-state index contributed by atoms with van der Waals surface area (Å²) in [5.74, 6) is -2.40. The molecule has 2 amide bonds. The quantitative estimate of drug-likeness (QED) is 0.698. The highest BCUT2D eigenvalue weighted by molar-refractivity contribution is 6.39. The second-order valence-corrected chi connectivity index (χ2v) is 5.87. The number of amides is 2. The lowest BCUT2D eigenvalue weighted by molar-refractivity contribution is -0.264. The smallest absolute Gasteiger partial charge is 0.375 e. The third-order valence-corrected chi connectivity index (χ3v) is 4.08. The number of para-hydroxylation sites is 1. The van der Waals surface area contributed by atoms with Crippen LogP contribution in [-0.4, -0.2) is 29.6 Å². The summed E-state index contributed by atoms with van der Waals surface area (Å²) in [5, 5.41) is 14.4. The van der Waals surface area contributed by atoms with E-state index in [9.17, 15) is 27.9 Å². The number of halogens is 3. The maximum absolute atomic E-state index is 13.4. The second kappa shape index (κ2) is 8.22. The molecule has 2 aromatic carbocycles. The predicted molar refractivity (Wildman–Crippen MR) is 93.9 cm³/mol. The molecule has 0 fully saturated rings. The van der Waals surface area contributed by atoms with Crippen molar-refractivity contribution < 1.29 is 27.9 Å². The molecule has 27 heavy (non-hydrogen) atoms. The Hall–Kier alpha value is -2.87. The minimum Gasteiger partial charge on any atom is -0.375 e. The molecule has 0 aliphatic rings. The molecule has 0 heterocycles. The fourth-order valence-electron chi connectivity index (χ4n) is 2.50. The van der Waals surface area contributed by atoms with E-state index in [4.69, 9.17) is 0 Å². The molecular formula is C19H19F3N2O3. The molecule has 0 saturated carbocycles. The number of benzene rings is 2. The molecule has 1 atom stereocenters. The largest absolute Gasteiger partial charge is 0.423 e.